The third-order valence-electron chi connectivity index (χ3n) is 3.44. The second kappa shape index (κ2) is 8.72. The minimum absolute atomic E-state index is 0.329. The van der Waals surface area contributed by atoms with Gasteiger partial charge in [-0.25, -0.2) is 18.0 Å². The van der Waals surface area contributed by atoms with Gasteiger partial charge in [-0.1, -0.05) is 18.2 Å². The number of halogens is 5. The van der Waals surface area contributed by atoms with E-state index < -0.39 is 51.3 Å². The van der Waals surface area contributed by atoms with Gasteiger partial charge in [-0.3, -0.25) is 4.89 Å². The summed E-state index contributed by atoms with van der Waals surface area (Å²) in [7, 11) is 0. The molecular weight excluding hydrogens is 397 g/mol. The van der Waals surface area contributed by atoms with Crippen LogP contribution in [0.1, 0.15) is 33.3 Å². The normalized spacial score (nSPS) is 16.1. The number of nitrogens with one attached hydrogen (secondary N) is 1. The van der Waals surface area contributed by atoms with E-state index in [-0.39, 0.29) is 6.61 Å². The van der Waals surface area contributed by atoms with Crippen LogP contribution in [0.25, 0.3) is 0 Å². The van der Waals surface area contributed by atoms with Gasteiger partial charge in [-0.15, -0.1) is 4.72 Å². The predicted molar refractivity (Wildman–Crippen MR) is 87.8 cm³/mol. The Balaban J connectivity index is 3.67. The van der Waals surface area contributed by atoms with Crippen LogP contribution in [0.15, 0.2) is 24.3 Å². The van der Waals surface area contributed by atoms with Crippen LogP contribution in [-0.4, -0.2) is 34.2 Å². The Kier molecular flexibility index (Phi) is 7.62. The van der Waals surface area contributed by atoms with E-state index in [9.17, 15) is 31.3 Å². The van der Waals surface area contributed by atoms with Crippen molar-refractivity contribution in [2.75, 3.05) is 6.61 Å². The highest BCUT2D eigenvalue weighted by Gasteiger charge is 2.71. The molecule has 0 aromatic heterocycles. The van der Waals surface area contributed by atoms with Crippen molar-refractivity contribution in [2.45, 2.75) is 50.3 Å². The molecule has 2 atom stereocenters. The average Bonchev–Trinajstić information content (AvgIpc) is 2.56. The third kappa shape index (κ3) is 4.71. The minimum atomic E-state index is -5.04. The lowest BCUT2D eigenvalue weighted by molar-refractivity contribution is -0.296. The number of hydrogen-bond donors (Lipinski definition) is 1. The van der Waals surface area contributed by atoms with Crippen LogP contribution < -0.4 is 4.72 Å². The fourth-order valence-electron chi connectivity index (χ4n) is 1.99. The van der Waals surface area contributed by atoms with E-state index in [1.54, 1.807) is 4.72 Å². The number of hydrogen-bond acceptors (Lipinski definition) is 5. The van der Waals surface area contributed by atoms with Crippen molar-refractivity contribution in [1.29, 1.82) is 0 Å². The summed E-state index contributed by atoms with van der Waals surface area (Å²) in [5.41, 5.74) is -5.21. The van der Waals surface area contributed by atoms with Crippen LogP contribution in [0.3, 0.4) is 0 Å². The Labute approximate surface area is 156 Å². The summed E-state index contributed by atoms with van der Waals surface area (Å²) in [6.45, 7) is 4.94. The average molecular weight is 417 g/mol. The molecule has 1 rings (SSSR count). The van der Waals surface area contributed by atoms with E-state index in [0.717, 1.165) is 12.1 Å². The van der Waals surface area contributed by atoms with Crippen molar-refractivity contribution >= 4 is 17.3 Å². The zero-order chi connectivity index (χ0) is 21.0. The first-order valence-corrected chi connectivity index (χ1v) is 8.91. The van der Waals surface area contributed by atoms with Crippen molar-refractivity contribution in [3.8, 4) is 0 Å². The number of rotatable bonds is 8. The van der Waals surface area contributed by atoms with E-state index in [1.165, 1.54) is 27.7 Å². The molecule has 0 aliphatic carbocycles. The van der Waals surface area contributed by atoms with Gasteiger partial charge in [0.15, 0.2) is 0 Å². The van der Waals surface area contributed by atoms with Crippen molar-refractivity contribution in [3.05, 3.63) is 35.6 Å². The van der Waals surface area contributed by atoms with Crippen LogP contribution in [-0.2, 0) is 31.5 Å². The van der Waals surface area contributed by atoms with E-state index in [4.69, 9.17) is 0 Å². The molecule has 0 saturated carbocycles. The summed E-state index contributed by atoms with van der Waals surface area (Å²) >= 11 is -2.53. The molecule has 11 heteroatoms. The second-order valence-electron chi connectivity index (χ2n) is 6.42. The fourth-order valence-corrected chi connectivity index (χ4v) is 2.92. The third-order valence-corrected chi connectivity index (χ3v) is 5.06. The van der Waals surface area contributed by atoms with Crippen molar-refractivity contribution in [1.82, 2.24) is 4.72 Å². The highest BCUT2D eigenvalue weighted by Crippen LogP contribution is 2.45. The number of benzene rings is 1. The molecule has 1 aromatic carbocycles. The zero-order valence-corrected chi connectivity index (χ0v) is 15.8. The van der Waals surface area contributed by atoms with E-state index in [2.05, 4.69) is 9.78 Å². The first-order chi connectivity index (χ1) is 12.3. The first-order valence-electron chi connectivity index (χ1n) is 7.77. The lowest BCUT2D eigenvalue weighted by Gasteiger charge is -2.40. The molecule has 1 N–H and O–H groups in total. The van der Waals surface area contributed by atoms with Gasteiger partial charge in [0.1, 0.15) is 10.6 Å². The monoisotopic (exact) mass is 417 g/mol. The molecule has 0 saturated heterocycles. The van der Waals surface area contributed by atoms with Gasteiger partial charge >= 0.3 is 11.9 Å². The van der Waals surface area contributed by atoms with Gasteiger partial charge < -0.3 is 4.55 Å². The molecule has 27 heavy (non-hydrogen) atoms. The lowest BCUT2D eigenvalue weighted by Crippen LogP contribution is -2.67. The summed E-state index contributed by atoms with van der Waals surface area (Å²) in [4.78, 5) is 19.8. The molecule has 0 aliphatic rings. The molecule has 0 radical (unpaired) electrons. The van der Waals surface area contributed by atoms with Gasteiger partial charge in [-0.05, 0) is 33.8 Å². The Morgan fingerprint density at radius 2 is 1.81 bits per heavy atom. The summed E-state index contributed by atoms with van der Waals surface area (Å²) in [5, 5.41) is 0. The summed E-state index contributed by atoms with van der Waals surface area (Å²) < 4.78 is 84.9. The Bertz CT molecular complexity index is 656. The van der Waals surface area contributed by atoms with E-state index in [0.29, 0.717) is 12.1 Å². The Morgan fingerprint density at radius 1 is 1.26 bits per heavy atom. The topological polar surface area (TPSA) is 70.6 Å². The van der Waals surface area contributed by atoms with E-state index >= 15 is 0 Å². The van der Waals surface area contributed by atoms with Crippen LogP contribution in [0, 0.1) is 5.82 Å². The van der Waals surface area contributed by atoms with Crippen molar-refractivity contribution < 1.29 is 41.1 Å². The largest absolute Gasteiger partial charge is 0.598 e. The number of carbonyl (C=O) groups is 1. The van der Waals surface area contributed by atoms with Crippen LogP contribution in [0.2, 0.25) is 0 Å². The maximum atomic E-state index is 14.9. The van der Waals surface area contributed by atoms with Crippen LogP contribution in [0.4, 0.5) is 22.0 Å². The number of alkyl halides is 4. The number of carbonyl (C=O) groups excluding carboxylic acids is 1. The summed E-state index contributed by atoms with van der Waals surface area (Å²) in [6, 6.07) is 3.43. The van der Waals surface area contributed by atoms with Gasteiger partial charge in [0.25, 0.3) is 6.43 Å². The van der Waals surface area contributed by atoms with Crippen LogP contribution in [0.5, 0.6) is 0 Å². The molecule has 1 aromatic rings. The SMILES string of the molecule is CCOOC(=O)C(F)(F)[C@](N[S+]([O-])C(C)(C)C)(c1ccccc1F)C(F)F. The molecule has 5 nitrogen and oxygen atoms in total. The van der Waals surface area contributed by atoms with Crippen molar-refractivity contribution in [3.63, 3.8) is 0 Å². The molecule has 0 spiro atoms. The zero-order valence-electron chi connectivity index (χ0n) is 15.0. The molecular formula is C16H20F5NO4S. The quantitative estimate of drug-likeness (QED) is 0.304. The first kappa shape index (κ1) is 23.6. The Morgan fingerprint density at radius 3 is 2.26 bits per heavy atom. The van der Waals surface area contributed by atoms with Gasteiger partial charge in [-0.2, -0.15) is 13.7 Å². The van der Waals surface area contributed by atoms with Crippen molar-refractivity contribution in [2.24, 2.45) is 0 Å². The highest BCUT2D eigenvalue weighted by atomic mass is 32.2. The van der Waals surface area contributed by atoms with Crippen LogP contribution >= 0.6 is 0 Å². The maximum absolute atomic E-state index is 14.9. The molecule has 1 unspecified atom stereocenters. The second-order valence-corrected chi connectivity index (χ2v) is 8.39. The molecule has 154 valence electrons. The summed E-state index contributed by atoms with van der Waals surface area (Å²) in [6.07, 6.45) is -4.05. The van der Waals surface area contributed by atoms with E-state index in [1.807, 2.05) is 0 Å². The van der Waals surface area contributed by atoms with Gasteiger partial charge in [0.2, 0.25) is 5.54 Å². The summed E-state index contributed by atoms with van der Waals surface area (Å²) in [5.74, 6) is -8.97. The Hall–Kier alpha value is -1.43. The molecule has 0 bridgehead atoms. The molecule has 0 aliphatic heterocycles. The lowest BCUT2D eigenvalue weighted by atomic mass is 9.84. The van der Waals surface area contributed by atoms with Gasteiger partial charge in [0.05, 0.1) is 6.61 Å². The minimum Gasteiger partial charge on any atom is -0.598 e. The standard InChI is InChI=1S/C16H20F5NO4S/c1-5-25-26-13(23)16(20,21)15(12(18)19,22-27(24)14(2,3)4)10-8-6-7-9-11(10)17/h6-9,12,22H,5H2,1-4H3/t15-,27?/m0/s1. The maximum Gasteiger partial charge on any atom is 0.413 e. The highest BCUT2D eigenvalue weighted by molar-refractivity contribution is 7.90. The molecule has 0 heterocycles. The van der Waals surface area contributed by atoms with Gasteiger partial charge in [0, 0.05) is 16.9 Å². The molecule has 0 amide bonds. The fraction of sp³-hybridized carbons (Fsp3) is 0.562. The molecule has 0 fully saturated rings. The smallest absolute Gasteiger partial charge is 0.413 e. The predicted octanol–water partition coefficient (Wildman–Crippen LogP) is 3.47.